The maximum atomic E-state index is 4.79. The predicted molar refractivity (Wildman–Crippen MR) is 97.8 cm³/mol. The van der Waals surface area contributed by atoms with Gasteiger partial charge in [-0.15, -0.1) is 0 Å². The van der Waals surface area contributed by atoms with Crippen molar-refractivity contribution in [2.75, 3.05) is 30.9 Å². The number of hydrogen-bond donors (Lipinski definition) is 1. The van der Waals surface area contributed by atoms with Crippen LogP contribution in [0.3, 0.4) is 0 Å². The third-order valence-corrected chi connectivity index (χ3v) is 3.75. The molecular weight excluding hydrogens is 284 g/mol. The smallest absolute Gasteiger partial charge is 0.136 e. The standard InChI is InChI=1S/C19H21N4/c1-4-11-21-19-16-6-5-12-20-18(16)13-17(22-19)14-7-9-15(10-8-14)23(2)3/h5-10,12-13H,1,4,11H2,2-3H3,(H,21,22). The van der Waals surface area contributed by atoms with E-state index in [1.807, 2.05) is 38.5 Å². The second-order valence-corrected chi connectivity index (χ2v) is 5.65. The predicted octanol–water partition coefficient (Wildman–Crippen LogP) is 4.00. The molecule has 1 N–H and O–H groups in total. The average molecular weight is 305 g/mol. The number of pyridine rings is 2. The Bertz CT molecular complexity index is 794. The summed E-state index contributed by atoms with van der Waals surface area (Å²) in [5.74, 6) is 0.867. The highest BCUT2D eigenvalue weighted by Gasteiger charge is 2.08. The largest absolute Gasteiger partial charge is 0.378 e. The molecule has 0 aliphatic rings. The summed E-state index contributed by atoms with van der Waals surface area (Å²) in [5, 5.41) is 4.39. The minimum atomic E-state index is 0.792. The molecule has 0 spiro atoms. The Balaban J connectivity index is 2.06. The van der Waals surface area contributed by atoms with Crippen LogP contribution in [0, 0.1) is 6.92 Å². The lowest BCUT2D eigenvalue weighted by Crippen LogP contribution is -2.08. The van der Waals surface area contributed by atoms with Crippen LogP contribution in [-0.2, 0) is 0 Å². The van der Waals surface area contributed by atoms with Crippen LogP contribution in [0.5, 0.6) is 0 Å². The summed E-state index contributed by atoms with van der Waals surface area (Å²) in [7, 11) is 4.07. The molecule has 1 aromatic carbocycles. The summed E-state index contributed by atoms with van der Waals surface area (Å²) in [6.07, 6.45) is 2.62. The molecule has 2 aromatic heterocycles. The van der Waals surface area contributed by atoms with E-state index in [-0.39, 0.29) is 0 Å². The summed E-state index contributed by atoms with van der Waals surface area (Å²) < 4.78 is 0. The van der Waals surface area contributed by atoms with E-state index < -0.39 is 0 Å². The number of fused-ring (bicyclic) bond motifs is 1. The lowest BCUT2D eigenvalue weighted by atomic mass is 10.1. The Morgan fingerprint density at radius 1 is 1.13 bits per heavy atom. The normalized spacial score (nSPS) is 10.7. The maximum Gasteiger partial charge on any atom is 0.136 e. The summed E-state index contributed by atoms with van der Waals surface area (Å²) in [5.41, 5.74) is 4.12. The van der Waals surface area contributed by atoms with Crippen LogP contribution in [0.4, 0.5) is 11.5 Å². The van der Waals surface area contributed by atoms with Crippen molar-refractivity contribution in [3.63, 3.8) is 0 Å². The third kappa shape index (κ3) is 3.26. The fourth-order valence-electron chi connectivity index (χ4n) is 2.49. The van der Waals surface area contributed by atoms with E-state index >= 15 is 0 Å². The Labute approximate surface area is 137 Å². The summed E-state index contributed by atoms with van der Waals surface area (Å²) in [6.45, 7) is 4.67. The van der Waals surface area contributed by atoms with Crippen LogP contribution in [0.15, 0.2) is 48.7 Å². The minimum absolute atomic E-state index is 0.792. The zero-order valence-corrected chi connectivity index (χ0v) is 13.6. The molecule has 4 heteroatoms. The molecule has 0 amide bonds. The third-order valence-electron chi connectivity index (χ3n) is 3.75. The fraction of sp³-hybridized carbons (Fsp3) is 0.211. The van der Waals surface area contributed by atoms with Gasteiger partial charge in [0.25, 0.3) is 0 Å². The molecule has 1 radical (unpaired) electrons. The highest BCUT2D eigenvalue weighted by molar-refractivity contribution is 5.92. The van der Waals surface area contributed by atoms with Crippen LogP contribution >= 0.6 is 0 Å². The van der Waals surface area contributed by atoms with Crippen molar-refractivity contribution in [3.05, 3.63) is 55.6 Å². The first kappa shape index (κ1) is 15.3. The highest BCUT2D eigenvalue weighted by atomic mass is 15.1. The number of anilines is 2. The molecule has 4 nitrogen and oxygen atoms in total. The van der Waals surface area contributed by atoms with Crippen molar-refractivity contribution < 1.29 is 0 Å². The molecule has 0 saturated heterocycles. The number of rotatable bonds is 5. The van der Waals surface area contributed by atoms with Gasteiger partial charge in [-0.1, -0.05) is 19.1 Å². The van der Waals surface area contributed by atoms with Gasteiger partial charge in [-0.25, -0.2) is 4.98 Å². The summed E-state index contributed by atoms with van der Waals surface area (Å²) >= 11 is 0. The fourth-order valence-corrected chi connectivity index (χ4v) is 2.49. The molecule has 3 rings (SSSR count). The zero-order chi connectivity index (χ0) is 16.2. The first-order chi connectivity index (χ1) is 11.2. The van der Waals surface area contributed by atoms with Gasteiger partial charge < -0.3 is 10.2 Å². The van der Waals surface area contributed by atoms with Crippen LogP contribution in [0.2, 0.25) is 0 Å². The Morgan fingerprint density at radius 2 is 1.91 bits per heavy atom. The van der Waals surface area contributed by atoms with Crippen LogP contribution < -0.4 is 10.2 Å². The molecular formula is C19H21N4. The van der Waals surface area contributed by atoms with E-state index in [2.05, 4.69) is 46.4 Å². The van der Waals surface area contributed by atoms with Crippen molar-refractivity contribution in [1.82, 2.24) is 9.97 Å². The van der Waals surface area contributed by atoms with Gasteiger partial charge in [-0.3, -0.25) is 4.98 Å². The molecule has 3 aromatic rings. The quantitative estimate of drug-likeness (QED) is 0.773. The van der Waals surface area contributed by atoms with Gasteiger partial charge in [0, 0.05) is 43.5 Å². The summed E-state index contributed by atoms with van der Waals surface area (Å²) in [4.78, 5) is 11.4. The molecule has 117 valence electrons. The Kier molecular flexibility index (Phi) is 4.42. The molecule has 0 saturated carbocycles. The topological polar surface area (TPSA) is 41.1 Å². The molecule has 0 bridgehead atoms. The van der Waals surface area contributed by atoms with Crippen molar-refractivity contribution in [3.8, 4) is 11.3 Å². The van der Waals surface area contributed by atoms with Crippen molar-refractivity contribution in [2.45, 2.75) is 6.42 Å². The molecule has 2 heterocycles. The molecule has 0 atom stereocenters. The van der Waals surface area contributed by atoms with Gasteiger partial charge in [0.2, 0.25) is 0 Å². The van der Waals surface area contributed by atoms with Crippen LogP contribution in [0.25, 0.3) is 22.2 Å². The van der Waals surface area contributed by atoms with Crippen molar-refractivity contribution in [1.29, 1.82) is 0 Å². The number of nitrogens with zero attached hydrogens (tertiary/aromatic N) is 3. The van der Waals surface area contributed by atoms with Crippen molar-refractivity contribution in [2.24, 2.45) is 0 Å². The molecule has 0 aliphatic heterocycles. The van der Waals surface area contributed by atoms with Gasteiger partial charge in [0.15, 0.2) is 0 Å². The van der Waals surface area contributed by atoms with E-state index in [0.29, 0.717) is 0 Å². The van der Waals surface area contributed by atoms with E-state index in [1.54, 1.807) is 0 Å². The van der Waals surface area contributed by atoms with Gasteiger partial charge in [-0.2, -0.15) is 0 Å². The van der Waals surface area contributed by atoms with Crippen LogP contribution in [0.1, 0.15) is 6.42 Å². The first-order valence-corrected chi connectivity index (χ1v) is 7.75. The van der Waals surface area contributed by atoms with E-state index in [1.165, 1.54) is 5.69 Å². The van der Waals surface area contributed by atoms with E-state index in [0.717, 1.165) is 40.9 Å². The maximum absolute atomic E-state index is 4.79. The van der Waals surface area contributed by atoms with Crippen LogP contribution in [-0.4, -0.2) is 30.6 Å². The first-order valence-electron chi connectivity index (χ1n) is 7.75. The number of aromatic nitrogens is 2. The molecule has 0 unspecified atom stereocenters. The number of nitrogens with one attached hydrogen (secondary N) is 1. The second kappa shape index (κ2) is 6.65. The average Bonchev–Trinajstić information content (AvgIpc) is 2.59. The Hall–Kier alpha value is -2.62. The molecule has 0 fully saturated rings. The second-order valence-electron chi connectivity index (χ2n) is 5.65. The monoisotopic (exact) mass is 305 g/mol. The minimum Gasteiger partial charge on any atom is -0.378 e. The van der Waals surface area contributed by atoms with Gasteiger partial charge in [0.1, 0.15) is 5.82 Å². The lowest BCUT2D eigenvalue weighted by molar-refractivity contribution is 1.05. The van der Waals surface area contributed by atoms with Gasteiger partial charge >= 0.3 is 0 Å². The molecule has 23 heavy (non-hydrogen) atoms. The zero-order valence-electron chi connectivity index (χ0n) is 13.6. The Morgan fingerprint density at radius 3 is 2.61 bits per heavy atom. The van der Waals surface area contributed by atoms with E-state index in [9.17, 15) is 0 Å². The number of hydrogen-bond acceptors (Lipinski definition) is 4. The van der Waals surface area contributed by atoms with Crippen molar-refractivity contribution >= 4 is 22.4 Å². The molecule has 0 aliphatic carbocycles. The van der Waals surface area contributed by atoms with E-state index in [4.69, 9.17) is 4.98 Å². The SMILES string of the molecule is [CH2]CCNc1nc(-c2ccc(N(C)C)cc2)cc2ncccc12. The highest BCUT2D eigenvalue weighted by Crippen LogP contribution is 2.27. The lowest BCUT2D eigenvalue weighted by Gasteiger charge is -2.14. The number of benzene rings is 1. The summed E-state index contributed by atoms with van der Waals surface area (Å²) in [6, 6.07) is 14.4. The van der Waals surface area contributed by atoms with Gasteiger partial charge in [-0.05, 0) is 36.8 Å². The van der Waals surface area contributed by atoms with Gasteiger partial charge in [0.05, 0.1) is 11.2 Å².